The molecule has 3 aromatic rings. The quantitative estimate of drug-likeness (QED) is 0.432. The van der Waals surface area contributed by atoms with Crippen LogP contribution in [0.5, 0.6) is 11.5 Å². The van der Waals surface area contributed by atoms with Gasteiger partial charge in [0.25, 0.3) is 0 Å². The van der Waals surface area contributed by atoms with Gasteiger partial charge in [0, 0.05) is 5.56 Å². The number of thioether (sulfide) groups is 1. The molecule has 3 rings (SSSR count). The lowest BCUT2D eigenvalue weighted by Gasteiger charge is -2.14. The summed E-state index contributed by atoms with van der Waals surface area (Å²) < 4.78 is 12.1. The highest BCUT2D eigenvalue weighted by atomic mass is 32.2. The van der Waals surface area contributed by atoms with Crippen molar-refractivity contribution in [2.24, 2.45) is 0 Å². The van der Waals surface area contributed by atoms with Crippen molar-refractivity contribution < 1.29 is 14.3 Å². The maximum Gasteiger partial charge on any atom is 0.237 e. The van der Waals surface area contributed by atoms with Crippen molar-refractivity contribution in [3.05, 3.63) is 48.5 Å². The number of amides is 1. The van der Waals surface area contributed by atoms with Crippen molar-refractivity contribution in [2.45, 2.75) is 24.3 Å². The van der Waals surface area contributed by atoms with Gasteiger partial charge in [-0.15, -0.1) is 10.2 Å². The molecule has 2 aromatic carbocycles. The summed E-state index contributed by atoms with van der Waals surface area (Å²) in [6.45, 7) is 4.19. The summed E-state index contributed by atoms with van der Waals surface area (Å²) in [6, 6.07) is 14.7. The summed E-state index contributed by atoms with van der Waals surface area (Å²) in [5, 5.41) is 11.2. The number of rotatable bonds is 8. The molecule has 0 bridgehead atoms. The number of nitrogens with zero attached hydrogens (tertiary/aromatic N) is 3. The fourth-order valence-corrected chi connectivity index (χ4v) is 3.36. The zero-order valence-electron chi connectivity index (χ0n) is 16.5. The van der Waals surface area contributed by atoms with E-state index in [0.29, 0.717) is 29.0 Å². The molecule has 1 heterocycles. The Balaban J connectivity index is 1.70. The van der Waals surface area contributed by atoms with Gasteiger partial charge in [0.15, 0.2) is 5.82 Å². The van der Waals surface area contributed by atoms with Crippen LogP contribution in [0.2, 0.25) is 0 Å². The van der Waals surface area contributed by atoms with Crippen LogP contribution in [0.3, 0.4) is 0 Å². The molecule has 0 aliphatic rings. The third kappa shape index (κ3) is 4.80. The van der Waals surface area contributed by atoms with Gasteiger partial charge >= 0.3 is 0 Å². The van der Waals surface area contributed by atoms with E-state index in [2.05, 4.69) is 15.5 Å². The molecule has 8 nitrogen and oxygen atoms in total. The summed E-state index contributed by atoms with van der Waals surface area (Å²) in [4.78, 5) is 12.6. The minimum absolute atomic E-state index is 0.184. The molecule has 29 heavy (non-hydrogen) atoms. The predicted molar refractivity (Wildman–Crippen MR) is 114 cm³/mol. The highest BCUT2D eigenvalue weighted by Crippen LogP contribution is 2.28. The van der Waals surface area contributed by atoms with Crippen molar-refractivity contribution in [2.75, 3.05) is 24.9 Å². The van der Waals surface area contributed by atoms with Gasteiger partial charge in [-0.1, -0.05) is 23.9 Å². The van der Waals surface area contributed by atoms with Crippen molar-refractivity contribution >= 4 is 23.4 Å². The second-order valence-electron chi connectivity index (χ2n) is 6.08. The van der Waals surface area contributed by atoms with Gasteiger partial charge in [-0.05, 0) is 50.2 Å². The molecule has 0 aliphatic carbocycles. The lowest BCUT2D eigenvalue weighted by Crippen LogP contribution is -2.24. The van der Waals surface area contributed by atoms with Crippen molar-refractivity contribution in [1.82, 2.24) is 14.9 Å². The van der Waals surface area contributed by atoms with Crippen molar-refractivity contribution in [1.29, 1.82) is 0 Å². The monoisotopic (exact) mass is 413 g/mol. The first kappa shape index (κ1) is 20.5. The second kappa shape index (κ2) is 9.33. The maximum atomic E-state index is 12.6. The lowest BCUT2D eigenvalue weighted by molar-refractivity contribution is -0.115. The Morgan fingerprint density at radius 2 is 1.93 bits per heavy atom. The minimum atomic E-state index is -0.445. The Morgan fingerprint density at radius 3 is 2.62 bits per heavy atom. The molecule has 0 saturated heterocycles. The van der Waals surface area contributed by atoms with Crippen molar-refractivity contribution in [3.63, 3.8) is 0 Å². The fraction of sp³-hybridized carbons (Fsp3) is 0.250. The van der Waals surface area contributed by atoms with E-state index in [1.54, 1.807) is 20.1 Å². The number of benzene rings is 2. The van der Waals surface area contributed by atoms with Crippen LogP contribution < -0.4 is 20.6 Å². The molecule has 3 N–H and O–H groups in total. The summed E-state index contributed by atoms with van der Waals surface area (Å²) in [5.41, 5.74) is 1.43. The Bertz CT molecular complexity index is 975. The average molecular weight is 414 g/mol. The molecule has 152 valence electrons. The Kier molecular flexibility index (Phi) is 6.61. The maximum absolute atomic E-state index is 12.6. The SMILES string of the molecule is CCOc1ccccc1NC(=O)C(C)Sc1nnc(-c2ccc(OC)cc2)n1N. The Hall–Kier alpha value is -3.20. The van der Waals surface area contributed by atoms with Crippen LogP contribution in [0, 0.1) is 0 Å². The molecular formula is C20H23N5O3S. The number of nitrogens with two attached hydrogens (primary N) is 1. The number of carbonyl (C=O) groups excluding carboxylic acids is 1. The highest BCUT2D eigenvalue weighted by molar-refractivity contribution is 8.00. The van der Waals surface area contributed by atoms with Crippen LogP contribution in [0.15, 0.2) is 53.7 Å². The van der Waals surface area contributed by atoms with Gasteiger partial charge < -0.3 is 20.6 Å². The van der Waals surface area contributed by atoms with Crippen LogP contribution in [0.1, 0.15) is 13.8 Å². The minimum Gasteiger partial charge on any atom is -0.497 e. The molecular weight excluding hydrogens is 390 g/mol. The van der Waals surface area contributed by atoms with Gasteiger partial charge in [0.2, 0.25) is 11.1 Å². The first-order valence-electron chi connectivity index (χ1n) is 9.07. The van der Waals surface area contributed by atoms with E-state index >= 15 is 0 Å². The molecule has 1 amide bonds. The lowest BCUT2D eigenvalue weighted by atomic mass is 10.2. The van der Waals surface area contributed by atoms with E-state index in [-0.39, 0.29) is 5.91 Å². The van der Waals surface area contributed by atoms with Gasteiger partial charge in [-0.3, -0.25) is 4.79 Å². The van der Waals surface area contributed by atoms with Crippen LogP contribution in [0.4, 0.5) is 5.69 Å². The number of hydrogen-bond acceptors (Lipinski definition) is 7. The smallest absolute Gasteiger partial charge is 0.237 e. The van der Waals surface area contributed by atoms with Gasteiger partial charge in [-0.25, -0.2) is 4.68 Å². The number of ether oxygens (including phenoxy) is 2. The zero-order chi connectivity index (χ0) is 20.8. The summed E-state index contributed by atoms with van der Waals surface area (Å²) in [5.74, 6) is 7.85. The summed E-state index contributed by atoms with van der Waals surface area (Å²) in [7, 11) is 1.61. The van der Waals surface area contributed by atoms with E-state index < -0.39 is 5.25 Å². The average Bonchev–Trinajstić information content (AvgIpc) is 3.09. The third-order valence-corrected chi connectivity index (χ3v) is 5.17. The van der Waals surface area contributed by atoms with Crippen LogP contribution in [-0.2, 0) is 4.79 Å². The number of hydrogen-bond donors (Lipinski definition) is 2. The van der Waals surface area contributed by atoms with E-state index in [1.807, 2.05) is 49.4 Å². The van der Waals surface area contributed by atoms with E-state index in [4.69, 9.17) is 15.3 Å². The number of carbonyl (C=O) groups is 1. The topological polar surface area (TPSA) is 104 Å². The van der Waals surface area contributed by atoms with Gasteiger partial charge in [0.1, 0.15) is 11.5 Å². The number of methoxy groups -OCH3 is 1. The Morgan fingerprint density at radius 1 is 1.21 bits per heavy atom. The van der Waals surface area contributed by atoms with Gasteiger partial charge in [-0.2, -0.15) is 0 Å². The molecule has 9 heteroatoms. The number of aromatic nitrogens is 3. The van der Waals surface area contributed by atoms with E-state index in [0.717, 1.165) is 11.3 Å². The fourth-order valence-electron chi connectivity index (χ4n) is 2.59. The van der Waals surface area contributed by atoms with E-state index in [1.165, 1.54) is 16.4 Å². The first-order valence-corrected chi connectivity index (χ1v) is 9.95. The van der Waals surface area contributed by atoms with Crippen LogP contribution in [-0.4, -0.2) is 39.7 Å². The molecule has 0 aliphatic heterocycles. The van der Waals surface area contributed by atoms with Gasteiger partial charge in [0.05, 0.1) is 24.7 Å². The van der Waals surface area contributed by atoms with Crippen LogP contribution >= 0.6 is 11.8 Å². The number of nitrogen functional groups attached to an aromatic ring is 1. The second-order valence-corrected chi connectivity index (χ2v) is 7.39. The Labute approximate surface area is 173 Å². The molecule has 1 aromatic heterocycles. The predicted octanol–water partition coefficient (Wildman–Crippen LogP) is 3.19. The third-order valence-electron chi connectivity index (χ3n) is 4.11. The number of nitrogens with one attached hydrogen (secondary N) is 1. The normalized spacial score (nSPS) is 11.7. The van der Waals surface area contributed by atoms with Crippen molar-refractivity contribution in [3.8, 4) is 22.9 Å². The summed E-state index contributed by atoms with van der Waals surface area (Å²) >= 11 is 1.23. The zero-order valence-corrected chi connectivity index (χ0v) is 17.3. The first-order chi connectivity index (χ1) is 14.0. The molecule has 0 radical (unpaired) electrons. The largest absolute Gasteiger partial charge is 0.497 e. The summed E-state index contributed by atoms with van der Waals surface area (Å²) in [6.07, 6.45) is 0. The molecule has 0 fully saturated rings. The van der Waals surface area contributed by atoms with Crippen LogP contribution in [0.25, 0.3) is 11.4 Å². The molecule has 1 atom stereocenters. The number of anilines is 1. The highest BCUT2D eigenvalue weighted by Gasteiger charge is 2.21. The molecule has 0 saturated carbocycles. The molecule has 0 spiro atoms. The van der Waals surface area contributed by atoms with E-state index in [9.17, 15) is 4.79 Å². The number of para-hydroxylation sites is 2. The standard InChI is InChI=1S/C20H23N5O3S/c1-4-28-17-8-6-5-7-16(17)22-19(26)13(2)29-20-24-23-18(25(20)21)14-9-11-15(27-3)12-10-14/h5-13H,4,21H2,1-3H3,(H,22,26). The molecule has 1 unspecified atom stereocenters.